The highest BCUT2D eigenvalue weighted by molar-refractivity contribution is 5.87. The second-order valence-corrected chi connectivity index (χ2v) is 6.42. The Kier molecular flexibility index (Phi) is 3.60. The fraction of sp³-hybridized carbons (Fsp3) is 0.250. The Bertz CT molecular complexity index is 855. The summed E-state index contributed by atoms with van der Waals surface area (Å²) in [7, 11) is 0. The van der Waals surface area contributed by atoms with Gasteiger partial charge in [0.05, 0.1) is 5.56 Å². The highest BCUT2D eigenvalue weighted by Crippen LogP contribution is 2.43. The number of ether oxygens (including phenoxy) is 1. The zero-order valence-corrected chi connectivity index (χ0v) is 13.7. The van der Waals surface area contributed by atoms with Gasteiger partial charge in [0, 0.05) is 36.6 Å². The van der Waals surface area contributed by atoms with Crippen molar-refractivity contribution in [2.45, 2.75) is 26.5 Å². The fourth-order valence-corrected chi connectivity index (χ4v) is 3.20. The zero-order valence-electron chi connectivity index (χ0n) is 13.7. The standard InChI is InChI=1S/C20H19FN2O/c1-13-11-23-12-18(15-3-5-17(21)6-4-15)19(20(23)24-14(13)2)16-7-9-22-10-8-16/h3-10,12-14H,11H2,1-2H3. The van der Waals surface area contributed by atoms with Crippen LogP contribution in [-0.4, -0.2) is 15.7 Å². The first-order valence-electron chi connectivity index (χ1n) is 8.19. The molecule has 1 aliphatic heterocycles. The first-order valence-corrected chi connectivity index (χ1v) is 8.19. The van der Waals surface area contributed by atoms with E-state index in [1.807, 2.05) is 24.3 Å². The molecule has 4 heteroatoms. The molecule has 24 heavy (non-hydrogen) atoms. The molecule has 122 valence electrons. The molecule has 4 rings (SSSR count). The van der Waals surface area contributed by atoms with Gasteiger partial charge in [-0.05, 0) is 42.3 Å². The summed E-state index contributed by atoms with van der Waals surface area (Å²) in [5, 5.41) is 0. The van der Waals surface area contributed by atoms with Gasteiger partial charge in [-0.1, -0.05) is 19.1 Å². The largest absolute Gasteiger partial charge is 0.475 e. The summed E-state index contributed by atoms with van der Waals surface area (Å²) in [4.78, 5) is 4.11. The van der Waals surface area contributed by atoms with Crippen LogP contribution in [0.4, 0.5) is 4.39 Å². The lowest BCUT2D eigenvalue weighted by Crippen LogP contribution is -2.31. The van der Waals surface area contributed by atoms with Gasteiger partial charge < -0.3 is 9.30 Å². The Morgan fingerprint density at radius 2 is 1.75 bits per heavy atom. The molecule has 3 heterocycles. The van der Waals surface area contributed by atoms with Crippen molar-refractivity contribution in [1.29, 1.82) is 0 Å². The maximum atomic E-state index is 13.3. The molecule has 2 aromatic heterocycles. The van der Waals surface area contributed by atoms with E-state index in [4.69, 9.17) is 4.74 Å². The van der Waals surface area contributed by atoms with E-state index in [0.717, 1.165) is 34.7 Å². The Hall–Kier alpha value is -2.62. The van der Waals surface area contributed by atoms with Gasteiger partial charge in [0.25, 0.3) is 0 Å². The van der Waals surface area contributed by atoms with E-state index in [9.17, 15) is 4.39 Å². The minimum Gasteiger partial charge on any atom is -0.475 e. The van der Waals surface area contributed by atoms with E-state index in [-0.39, 0.29) is 11.9 Å². The quantitative estimate of drug-likeness (QED) is 0.679. The van der Waals surface area contributed by atoms with Crippen molar-refractivity contribution in [3.05, 3.63) is 60.8 Å². The Labute approximate surface area is 140 Å². The van der Waals surface area contributed by atoms with Crippen molar-refractivity contribution in [2.24, 2.45) is 5.92 Å². The molecule has 0 saturated heterocycles. The summed E-state index contributed by atoms with van der Waals surface area (Å²) < 4.78 is 21.7. The maximum Gasteiger partial charge on any atom is 0.202 e. The number of pyridine rings is 1. The molecule has 1 aromatic carbocycles. The molecule has 0 fully saturated rings. The van der Waals surface area contributed by atoms with Crippen LogP contribution in [0.1, 0.15) is 13.8 Å². The van der Waals surface area contributed by atoms with Gasteiger partial charge in [0.1, 0.15) is 11.9 Å². The van der Waals surface area contributed by atoms with Crippen LogP contribution in [0, 0.1) is 11.7 Å². The molecule has 0 saturated carbocycles. The van der Waals surface area contributed by atoms with Gasteiger partial charge >= 0.3 is 0 Å². The van der Waals surface area contributed by atoms with Crippen molar-refractivity contribution in [1.82, 2.24) is 9.55 Å². The topological polar surface area (TPSA) is 27.1 Å². The Morgan fingerprint density at radius 3 is 2.46 bits per heavy atom. The van der Waals surface area contributed by atoms with Crippen LogP contribution in [-0.2, 0) is 6.54 Å². The van der Waals surface area contributed by atoms with E-state index >= 15 is 0 Å². The molecule has 1 aliphatic rings. The smallest absolute Gasteiger partial charge is 0.202 e. The Balaban J connectivity index is 1.93. The van der Waals surface area contributed by atoms with Crippen molar-refractivity contribution < 1.29 is 9.13 Å². The highest BCUT2D eigenvalue weighted by atomic mass is 19.1. The van der Waals surface area contributed by atoms with Crippen LogP contribution in [0.15, 0.2) is 55.0 Å². The van der Waals surface area contributed by atoms with Gasteiger partial charge in [-0.2, -0.15) is 0 Å². The molecular weight excluding hydrogens is 303 g/mol. The average Bonchev–Trinajstić information content (AvgIpc) is 2.95. The van der Waals surface area contributed by atoms with Crippen molar-refractivity contribution in [3.8, 4) is 28.1 Å². The third-order valence-electron chi connectivity index (χ3n) is 4.74. The van der Waals surface area contributed by atoms with Crippen molar-refractivity contribution in [2.75, 3.05) is 0 Å². The summed E-state index contributed by atoms with van der Waals surface area (Å²) in [6, 6.07) is 10.6. The second-order valence-electron chi connectivity index (χ2n) is 6.42. The molecule has 0 amide bonds. The van der Waals surface area contributed by atoms with Crippen LogP contribution >= 0.6 is 0 Å². The third kappa shape index (κ3) is 2.48. The zero-order chi connectivity index (χ0) is 16.7. The normalized spacial score (nSPS) is 19.6. The maximum absolute atomic E-state index is 13.3. The molecule has 0 aliphatic carbocycles. The predicted molar refractivity (Wildman–Crippen MR) is 92.3 cm³/mol. The predicted octanol–water partition coefficient (Wildman–Crippen LogP) is 4.77. The summed E-state index contributed by atoms with van der Waals surface area (Å²) in [6.07, 6.45) is 5.83. The minimum atomic E-state index is -0.230. The second kappa shape index (κ2) is 5.78. The SMILES string of the molecule is CC1Cn2cc(-c3ccc(F)cc3)c(-c3ccncc3)c2OC1C. The monoisotopic (exact) mass is 322 g/mol. The van der Waals surface area contributed by atoms with Crippen LogP contribution < -0.4 is 4.74 Å². The van der Waals surface area contributed by atoms with Gasteiger partial charge in [0.15, 0.2) is 0 Å². The van der Waals surface area contributed by atoms with Gasteiger partial charge in [-0.3, -0.25) is 4.98 Å². The molecule has 0 bridgehead atoms. The molecule has 3 aromatic rings. The van der Waals surface area contributed by atoms with Gasteiger partial charge in [-0.25, -0.2) is 4.39 Å². The average molecular weight is 322 g/mol. The summed E-state index contributed by atoms with van der Waals surface area (Å²) >= 11 is 0. The number of hydrogen-bond acceptors (Lipinski definition) is 2. The number of hydrogen-bond donors (Lipinski definition) is 0. The van der Waals surface area contributed by atoms with E-state index in [2.05, 4.69) is 29.6 Å². The van der Waals surface area contributed by atoms with Crippen LogP contribution in [0.2, 0.25) is 0 Å². The summed E-state index contributed by atoms with van der Waals surface area (Å²) in [6.45, 7) is 5.21. The lowest BCUT2D eigenvalue weighted by molar-refractivity contribution is 0.103. The molecule has 0 spiro atoms. The molecule has 2 unspecified atom stereocenters. The van der Waals surface area contributed by atoms with Crippen molar-refractivity contribution in [3.63, 3.8) is 0 Å². The van der Waals surface area contributed by atoms with Crippen LogP contribution in [0.5, 0.6) is 5.88 Å². The number of rotatable bonds is 2. The number of benzene rings is 1. The lowest BCUT2D eigenvalue weighted by atomic mass is 9.99. The van der Waals surface area contributed by atoms with E-state index < -0.39 is 0 Å². The first-order chi connectivity index (χ1) is 11.6. The van der Waals surface area contributed by atoms with E-state index in [1.54, 1.807) is 12.4 Å². The van der Waals surface area contributed by atoms with Crippen molar-refractivity contribution >= 4 is 0 Å². The number of fused-ring (bicyclic) bond motifs is 1. The number of halogens is 1. The minimum absolute atomic E-state index is 0.161. The Morgan fingerprint density at radius 1 is 1.04 bits per heavy atom. The summed E-state index contributed by atoms with van der Waals surface area (Å²) in [5.41, 5.74) is 4.13. The van der Waals surface area contributed by atoms with Crippen LogP contribution in [0.25, 0.3) is 22.3 Å². The first kappa shape index (κ1) is 14.9. The molecule has 3 nitrogen and oxygen atoms in total. The van der Waals surface area contributed by atoms with E-state index in [0.29, 0.717) is 5.92 Å². The molecular formula is C20H19FN2O. The lowest BCUT2D eigenvalue weighted by Gasteiger charge is -2.29. The number of nitrogens with zero attached hydrogens (tertiary/aromatic N) is 2. The van der Waals surface area contributed by atoms with Gasteiger partial charge in [0.2, 0.25) is 5.88 Å². The number of aromatic nitrogens is 2. The third-order valence-corrected chi connectivity index (χ3v) is 4.74. The highest BCUT2D eigenvalue weighted by Gasteiger charge is 2.28. The molecule has 2 atom stereocenters. The molecule has 0 N–H and O–H groups in total. The van der Waals surface area contributed by atoms with Crippen LogP contribution in [0.3, 0.4) is 0 Å². The summed E-state index contributed by atoms with van der Waals surface area (Å²) in [5.74, 6) is 1.09. The molecule has 0 radical (unpaired) electrons. The van der Waals surface area contributed by atoms with E-state index in [1.165, 1.54) is 12.1 Å². The fourth-order valence-electron chi connectivity index (χ4n) is 3.20. The van der Waals surface area contributed by atoms with Gasteiger partial charge in [-0.15, -0.1) is 0 Å².